The standard InChI is InChI=1S/C16H20N4O5/c1-9-11(16(22)20-18-9)7-14(21)19-17-8-10-5-12(23-2)15(25-4)13(6-10)24-3/h5-6,8,11,18H,1,7H2,2-4H3,(H,19,21)(H,20,22). The van der Waals surface area contributed by atoms with E-state index in [1.54, 1.807) is 12.1 Å². The topological polar surface area (TPSA) is 110 Å². The van der Waals surface area contributed by atoms with Gasteiger partial charge in [0.05, 0.1) is 33.5 Å². The largest absolute Gasteiger partial charge is 0.493 e. The van der Waals surface area contributed by atoms with E-state index >= 15 is 0 Å². The van der Waals surface area contributed by atoms with Crippen LogP contribution in [-0.4, -0.2) is 39.4 Å². The number of hydrogen-bond donors (Lipinski definition) is 3. The second kappa shape index (κ2) is 8.04. The van der Waals surface area contributed by atoms with Crippen LogP contribution in [-0.2, 0) is 9.59 Å². The molecule has 9 nitrogen and oxygen atoms in total. The second-order valence-electron chi connectivity index (χ2n) is 5.15. The Hall–Kier alpha value is -3.23. The van der Waals surface area contributed by atoms with E-state index < -0.39 is 11.8 Å². The molecule has 1 heterocycles. The van der Waals surface area contributed by atoms with Crippen molar-refractivity contribution in [3.8, 4) is 17.2 Å². The van der Waals surface area contributed by atoms with Crippen molar-refractivity contribution in [1.29, 1.82) is 0 Å². The summed E-state index contributed by atoms with van der Waals surface area (Å²) in [6.07, 6.45) is 1.38. The van der Waals surface area contributed by atoms with Gasteiger partial charge in [0.2, 0.25) is 17.6 Å². The molecule has 1 aliphatic rings. The fraction of sp³-hybridized carbons (Fsp3) is 0.312. The fourth-order valence-corrected chi connectivity index (χ4v) is 2.28. The predicted octanol–water partition coefficient (Wildman–Crippen LogP) is 0.317. The maximum absolute atomic E-state index is 11.9. The summed E-state index contributed by atoms with van der Waals surface area (Å²) in [6.45, 7) is 3.67. The third-order valence-corrected chi connectivity index (χ3v) is 3.56. The van der Waals surface area contributed by atoms with E-state index in [0.717, 1.165) is 0 Å². The van der Waals surface area contributed by atoms with Gasteiger partial charge >= 0.3 is 0 Å². The molecule has 134 valence electrons. The summed E-state index contributed by atoms with van der Waals surface area (Å²) >= 11 is 0. The van der Waals surface area contributed by atoms with Crippen LogP contribution in [0, 0.1) is 5.92 Å². The predicted molar refractivity (Wildman–Crippen MR) is 90.4 cm³/mol. The van der Waals surface area contributed by atoms with E-state index in [2.05, 4.69) is 28.0 Å². The lowest BCUT2D eigenvalue weighted by Crippen LogP contribution is -2.27. The van der Waals surface area contributed by atoms with E-state index in [1.165, 1.54) is 27.5 Å². The minimum absolute atomic E-state index is 0.0513. The average molecular weight is 348 g/mol. The number of nitrogens with zero attached hydrogens (tertiary/aromatic N) is 1. The Labute approximate surface area is 145 Å². The minimum atomic E-state index is -0.614. The molecule has 1 aromatic carbocycles. The number of hydrazone groups is 1. The van der Waals surface area contributed by atoms with E-state index in [-0.39, 0.29) is 12.3 Å². The van der Waals surface area contributed by atoms with Crippen molar-refractivity contribution in [2.24, 2.45) is 11.0 Å². The number of hydrazine groups is 1. The second-order valence-corrected chi connectivity index (χ2v) is 5.15. The van der Waals surface area contributed by atoms with Gasteiger partial charge in [0, 0.05) is 17.7 Å². The van der Waals surface area contributed by atoms with Crippen LogP contribution < -0.4 is 30.5 Å². The summed E-state index contributed by atoms with van der Waals surface area (Å²) in [7, 11) is 4.53. The Morgan fingerprint density at radius 3 is 2.36 bits per heavy atom. The molecule has 0 saturated carbocycles. The highest BCUT2D eigenvalue weighted by Gasteiger charge is 2.29. The number of amides is 2. The van der Waals surface area contributed by atoms with Crippen LogP contribution in [0.4, 0.5) is 0 Å². The van der Waals surface area contributed by atoms with Gasteiger partial charge in [-0.2, -0.15) is 5.10 Å². The van der Waals surface area contributed by atoms with Crippen molar-refractivity contribution in [2.45, 2.75) is 6.42 Å². The van der Waals surface area contributed by atoms with E-state index in [4.69, 9.17) is 14.2 Å². The monoisotopic (exact) mass is 348 g/mol. The van der Waals surface area contributed by atoms with Gasteiger partial charge in [-0.1, -0.05) is 6.58 Å². The molecular weight excluding hydrogens is 328 g/mol. The molecule has 3 N–H and O–H groups in total. The van der Waals surface area contributed by atoms with Gasteiger partial charge < -0.3 is 19.6 Å². The zero-order chi connectivity index (χ0) is 18.4. The van der Waals surface area contributed by atoms with Crippen LogP contribution in [0.1, 0.15) is 12.0 Å². The molecule has 2 amide bonds. The minimum Gasteiger partial charge on any atom is -0.493 e. The number of carbonyl (C=O) groups excluding carboxylic acids is 2. The SMILES string of the molecule is C=C1NNC(=O)C1CC(=O)NN=Cc1cc(OC)c(OC)c(OC)c1. The number of nitrogens with one attached hydrogen (secondary N) is 3. The van der Waals surface area contributed by atoms with E-state index in [0.29, 0.717) is 28.5 Å². The van der Waals surface area contributed by atoms with Crippen LogP contribution >= 0.6 is 0 Å². The molecule has 1 unspecified atom stereocenters. The molecule has 0 spiro atoms. The number of ether oxygens (including phenoxy) is 3. The van der Waals surface area contributed by atoms with Crippen LogP contribution in [0.25, 0.3) is 0 Å². The third kappa shape index (κ3) is 4.19. The summed E-state index contributed by atoms with van der Waals surface area (Å²) in [4.78, 5) is 23.4. The Morgan fingerprint density at radius 2 is 1.88 bits per heavy atom. The molecule has 0 radical (unpaired) electrons. The zero-order valence-corrected chi connectivity index (χ0v) is 14.2. The van der Waals surface area contributed by atoms with Crippen molar-refractivity contribution < 1.29 is 23.8 Å². The maximum Gasteiger partial charge on any atom is 0.247 e. The molecule has 1 aromatic rings. The first-order valence-electron chi connectivity index (χ1n) is 7.36. The Balaban J connectivity index is 2.03. The highest BCUT2D eigenvalue weighted by atomic mass is 16.5. The highest BCUT2D eigenvalue weighted by molar-refractivity contribution is 5.90. The Bertz CT molecular complexity index is 675. The van der Waals surface area contributed by atoms with Gasteiger partial charge in [0.1, 0.15) is 0 Å². The van der Waals surface area contributed by atoms with Gasteiger partial charge in [0.15, 0.2) is 11.5 Å². The molecule has 0 aliphatic carbocycles. The molecule has 0 bridgehead atoms. The Morgan fingerprint density at radius 1 is 1.24 bits per heavy atom. The summed E-state index contributed by atoms with van der Waals surface area (Å²) < 4.78 is 15.7. The lowest BCUT2D eigenvalue weighted by molar-refractivity contribution is -0.127. The lowest BCUT2D eigenvalue weighted by Gasteiger charge is -2.12. The normalized spacial score (nSPS) is 16.4. The van der Waals surface area contributed by atoms with Crippen molar-refractivity contribution in [1.82, 2.24) is 16.3 Å². The van der Waals surface area contributed by atoms with Gasteiger partial charge in [0.25, 0.3) is 0 Å². The van der Waals surface area contributed by atoms with Gasteiger partial charge in [-0.15, -0.1) is 0 Å². The third-order valence-electron chi connectivity index (χ3n) is 3.56. The maximum atomic E-state index is 11.9. The van der Waals surface area contributed by atoms with Crippen LogP contribution in [0.2, 0.25) is 0 Å². The molecule has 25 heavy (non-hydrogen) atoms. The summed E-state index contributed by atoms with van der Waals surface area (Å²) in [5.74, 6) is 0.0857. The summed E-state index contributed by atoms with van der Waals surface area (Å²) in [5.41, 5.74) is 8.45. The number of methoxy groups -OCH3 is 3. The molecule has 1 fully saturated rings. The van der Waals surface area contributed by atoms with Crippen molar-refractivity contribution in [3.05, 3.63) is 30.0 Å². The van der Waals surface area contributed by atoms with E-state index in [9.17, 15) is 9.59 Å². The molecular formula is C16H20N4O5. The average Bonchev–Trinajstić information content (AvgIpc) is 2.92. The number of benzene rings is 1. The number of carbonyl (C=O) groups is 2. The number of rotatable bonds is 7. The quantitative estimate of drug-likeness (QED) is 0.483. The first kappa shape index (κ1) is 18.1. The molecule has 1 atom stereocenters. The summed E-state index contributed by atoms with van der Waals surface area (Å²) in [6, 6.07) is 3.38. The fourth-order valence-electron chi connectivity index (χ4n) is 2.28. The lowest BCUT2D eigenvalue weighted by atomic mass is 10.0. The number of hydrogen-bond acceptors (Lipinski definition) is 7. The Kier molecular flexibility index (Phi) is 5.83. The van der Waals surface area contributed by atoms with Gasteiger partial charge in [-0.05, 0) is 12.1 Å². The highest BCUT2D eigenvalue weighted by Crippen LogP contribution is 2.37. The van der Waals surface area contributed by atoms with Gasteiger partial charge in [-0.3, -0.25) is 15.0 Å². The van der Waals surface area contributed by atoms with Crippen molar-refractivity contribution in [2.75, 3.05) is 21.3 Å². The van der Waals surface area contributed by atoms with Gasteiger partial charge in [-0.25, -0.2) is 5.43 Å². The first-order chi connectivity index (χ1) is 12.0. The summed E-state index contributed by atoms with van der Waals surface area (Å²) in [5, 5.41) is 3.88. The van der Waals surface area contributed by atoms with Crippen molar-refractivity contribution in [3.63, 3.8) is 0 Å². The van der Waals surface area contributed by atoms with Crippen molar-refractivity contribution >= 4 is 18.0 Å². The molecule has 0 aromatic heterocycles. The van der Waals surface area contributed by atoms with Crippen LogP contribution in [0.3, 0.4) is 0 Å². The zero-order valence-electron chi connectivity index (χ0n) is 14.2. The first-order valence-corrected chi connectivity index (χ1v) is 7.36. The molecule has 1 aliphatic heterocycles. The molecule has 9 heteroatoms. The van der Waals surface area contributed by atoms with Crippen LogP contribution in [0.15, 0.2) is 29.5 Å². The smallest absolute Gasteiger partial charge is 0.247 e. The van der Waals surface area contributed by atoms with Crippen LogP contribution in [0.5, 0.6) is 17.2 Å². The molecule has 2 rings (SSSR count). The van der Waals surface area contributed by atoms with E-state index in [1.807, 2.05) is 0 Å². The molecule has 1 saturated heterocycles.